The Balaban J connectivity index is 2.03. The lowest BCUT2D eigenvalue weighted by Crippen LogP contribution is -2.47. The second-order valence-corrected chi connectivity index (χ2v) is 7.80. The standard InChI is InChI=1S/C22H27FN2O2S/c1-4-24-22(27)17(3)25(15-18-7-9-19(23)10-8-18)21(26)13-14-28-20-11-5-16(2)6-12-20/h5-12,17H,4,13-15H2,1-3H3,(H,24,27). The van der Waals surface area contributed by atoms with E-state index in [-0.39, 0.29) is 24.2 Å². The van der Waals surface area contributed by atoms with Gasteiger partial charge in [0.2, 0.25) is 11.8 Å². The van der Waals surface area contributed by atoms with Crippen LogP contribution in [0.3, 0.4) is 0 Å². The number of rotatable bonds is 9. The van der Waals surface area contributed by atoms with E-state index in [0.717, 1.165) is 10.5 Å². The molecule has 0 bridgehead atoms. The fourth-order valence-electron chi connectivity index (χ4n) is 2.73. The average molecular weight is 403 g/mol. The Morgan fingerprint density at radius 2 is 1.75 bits per heavy atom. The van der Waals surface area contributed by atoms with Crippen LogP contribution in [0.25, 0.3) is 0 Å². The molecular formula is C22H27FN2O2S. The SMILES string of the molecule is CCNC(=O)C(C)N(Cc1ccc(F)cc1)C(=O)CCSc1ccc(C)cc1. The summed E-state index contributed by atoms with van der Waals surface area (Å²) in [5.74, 6) is 0.0175. The second-order valence-electron chi connectivity index (χ2n) is 6.63. The van der Waals surface area contributed by atoms with Crippen LogP contribution >= 0.6 is 11.8 Å². The molecular weight excluding hydrogens is 375 g/mol. The highest BCUT2D eigenvalue weighted by atomic mass is 32.2. The maximum absolute atomic E-state index is 13.2. The number of carbonyl (C=O) groups excluding carboxylic acids is 2. The highest BCUT2D eigenvalue weighted by Gasteiger charge is 2.25. The fourth-order valence-corrected chi connectivity index (χ4v) is 3.57. The van der Waals surface area contributed by atoms with E-state index in [1.165, 1.54) is 17.7 Å². The molecule has 0 radical (unpaired) electrons. The van der Waals surface area contributed by atoms with Gasteiger partial charge in [0.15, 0.2) is 0 Å². The molecule has 150 valence electrons. The molecule has 0 saturated heterocycles. The van der Waals surface area contributed by atoms with Crippen LogP contribution in [0, 0.1) is 12.7 Å². The van der Waals surface area contributed by atoms with Gasteiger partial charge in [-0.1, -0.05) is 29.8 Å². The fraction of sp³-hybridized carbons (Fsp3) is 0.364. The first-order valence-electron chi connectivity index (χ1n) is 9.41. The van der Waals surface area contributed by atoms with E-state index in [0.29, 0.717) is 18.7 Å². The molecule has 1 atom stereocenters. The lowest BCUT2D eigenvalue weighted by molar-refractivity contribution is -0.140. The monoisotopic (exact) mass is 402 g/mol. The first kappa shape index (κ1) is 22.0. The molecule has 1 N–H and O–H groups in total. The van der Waals surface area contributed by atoms with Gasteiger partial charge in [-0.25, -0.2) is 4.39 Å². The predicted molar refractivity (Wildman–Crippen MR) is 112 cm³/mol. The van der Waals surface area contributed by atoms with E-state index in [1.54, 1.807) is 35.7 Å². The zero-order valence-corrected chi connectivity index (χ0v) is 17.4. The minimum atomic E-state index is -0.595. The predicted octanol–water partition coefficient (Wildman–Crippen LogP) is 4.17. The van der Waals surface area contributed by atoms with Crippen molar-refractivity contribution < 1.29 is 14.0 Å². The summed E-state index contributed by atoms with van der Waals surface area (Å²) in [5.41, 5.74) is 1.98. The summed E-state index contributed by atoms with van der Waals surface area (Å²) in [7, 11) is 0. The van der Waals surface area contributed by atoms with Crippen molar-refractivity contribution in [3.05, 3.63) is 65.5 Å². The van der Waals surface area contributed by atoms with Crippen LogP contribution in [0.15, 0.2) is 53.4 Å². The number of halogens is 1. The Hall–Kier alpha value is -2.34. The van der Waals surface area contributed by atoms with E-state index in [4.69, 9.17) is 0 Å². The molecule has 0 aromatic heterocycles. The molecule has 0 aliphatic heterocycles. The topological polar surface area (TPSA) is 49.4 Å². The first-order valence-corrected chi connectivity index (χ1v) is 10.4. The smallest absolute Gasteiger partial charge is 0.242 e. The van der Waals surface area contributed by atoms with E-state index in [2.05, 4.69) is 5.32 Å². The van der Waals surface area contributed by atoms with Crippen molar-refractivity contribution in [2.75, 3.05) is 12.3 Å². The Kier molecular flexibility index (Phi) is 8.51. The molecule has 2 aromatic carbocycles. The maximum atomic E-state index is 13.2. The summed E-state index contributed by atoms with van der Waals surface area (Å²) in [5, 5.41) is 2.76. The molecule has 0 fully saturated rings. The average Bonchev–Trinajstić information content (AvgIpc) is 2.68. The molecule has 0 heterocycles. The third kappa shape index (κ3) is 6.68. The van der Waals surface area contributed by atoms with Crippen molar-refractivity contribution in [1.82, 2.24) is 10.2 Å². The summed E-state index contributed by atoms with van der Waals surface area (Å²) in [6.07, 6.45) is 0.323. The number of hydrogen-bond acceptors (Lipinski definition) is 3. The van der Waals surface area contributed by atoms with Gasteiger partial charge in [0.25, 0.3) is 0 Å². The van der Waals surface area contributed by atoms with Crippen molar-refractivity contribution >= 4 is 23.6 Å². The molecule has 0 spiro atoms. The van der Waals surface area contributed by atoms with Gasteiger partial charge in [0.05, 0.1) is 0 Å². The number of aryl methyl sites for hydroxylation is 1. The lowest BCUT2D eigenvalue weighted by atomic mass is 10.1. The van der Waals surface area contributed by atoms with Crippen LogP contribution < -0.4 is 5.32 Å². The molecule has 0 aliphatic carbocycles. The summed E-state index contributed by atoms with van der Waals surface area (Å²) in [6, 6.07) is 13.6. The zero-order chi connectivity index (χ0) is 20.5. The number of nitrogens with one attached hydrogen (secondary N) is 1. The lowest BCUT2D eigenvalue weighted by Gasteiger charge is -2.28. The van der Waals surface area contributed by atoms with Crippen LogP contribution in [0.1, 0.15) is 31.4 Å². The van der Waals surface area contributed by atoms with Crippen LogP contribution in [-0.4, -0.2) is 35.1 Å². The van der Waals surface area contributed by atoms with Crippen LogP contribution in [0.5, 0.6) is 0 Å². The van der Waals surface area contributed by atoms with Gasteiger partial charge in [-0.15, -0.1) is 11.8 Å². The van der Waals surface area contributed by atoms with Crippen molar-refractivity contribution in [1.29, 1.82) is 0 Å². The van der Waals surface area contributed by atoms with Gasteiger partial charge < -0.3 is 10.2 Å². The maximum Gasteiger partial charge on any atom is 0.242 e. The largest absolute Gasteiger partial charge is 0.355 e. The number of carbonyl (C=O) groups is 2. The number of amides is 2. The molecule has 2 amide bonds. The number of benzene rings is 2. The van der Waals surface area contributed by atoms with E-state index in [9.17, 15) is 14.0 Å². The minimum Gasteiger partial charge on any atom is -0.355 e. The van der Waals surface area contributed by atoms with Crippen LogP contribution in [0.2, 0.25) is 0 Å². The van der Waals surface area contributed by atoms with Crippen molar-refractivity contribution in [2.24, 2.45) is 0 Å². The first-order chi connectivity index (χ1) is 13.4. The van der Waals surface area contributed by atoms with Gasteiger partial charge in [-0.3, -0.25) is 9.59 Å². The highest BCUT2D eigenvalue weighted by Crippen LogP contribution is 2.20. The molecule has 2 aromatic rings. The number of nitrogens with zero attached hydrogens (tertiary/aromatic N) is 1. The van der Waals surface area contributed by atoms with E-state index < -0.39 is 6.04 Å². The molecule has 0 saturated carbocycles. The van der Waals surface area contributed by atoms with Gasteiger partial charge in [-0.2, -0.15) is 0 Å². The quantitative estimate of drug-likeness (QED) is 0.641. The van der Waals surface area contributed by atoms with Crippen molar-refractivity contribution in [3.8, 4) is 0 Å². The molecule has 0 aliphatic rings. The van der Waals surface area contributed by atoms with Gasteiger partial charge >= 0.3 is 0 Å². The van der Waals surface area contributed by atoms with Gasteiger partial charge in [0, 0.05) is 30.2 Å². The summed E-state index contributed by atoms with van der Waals surface area (Å²) in [4.78, 5) is 27.8. The van der Waals surface area contributed by atoms with Gasteiger partial charge in [0.1, 0.15) is 11.9 Å². The molecule has 1 unspecified atom stereocenters. The molecule has 6 heteroatoms. The zero-order valence-electron chi connectivity index (χ0n) is 16.6. The summed E-state index contributed by atoms with van der Waals surface area (Å²) < 4.78 is 13.2. The summed E-state index contributed by atoms with van der Waals surface area (Å²) >= 11 is 1.62. The molecule has 2 rings (SSSR count). The number of likely N-dealkylation sites (N-methyl/N-ethyl adjacent to an activating group) is 1. The van der Waals surface area contributed by atoms with Crippen LogP contribution in [0.4, 0.5) is 4.39 Å². The van der Waals surface area contributed by atoms with Gasteiger partial charge in [-0.05, 0) is 50.6 Å². The Labute approximate surface area is 170 Å². The second kappa shape index (κ2) is 10.9. The Morgan fingerprint density at radius 1 is 1.11 bits per heavy atom. The van der Waals surface area contributed by atoms with E-state index in [1.807, 2.05) is 38.1 Å². The normalized spacial score (nSPS) is 11.7. The Morgan fingerprint density at radius 3 is 2.36 bits per heavy atom. The third-order valence-electron chi connectivity index (χ3n) is 4.39. The summed E-state index contributed by atoms with van der Waals surface area (Å²) in [6.45, 7) is 6.38. The van der Waals surface area contributed by atoms with Crippen molar-refractivity contribution in [3.63, 3.8) is 0 Å². The number of hydrogen-bond donors (Lipinski definition) is 1. The number of thioether (sulfide) groups is 1. The third-order valence-corrected chi connectivity index (χ3v) is 5.40. The molecule has 28 heavy (non-hydrogen) atoms. The van der Waals surface area contributed by atoms with Crippen LogP contribution in [-0.2, 0) is 16.1 Å². The Bertz CT molecular complexity index is 778. The minimum absolute atomic E-state index is 0.0947. The molecule has 4 nitrogen and oxygen atoms in total. The van der Waals surface area contributed by atoms with Crippen molar-refractivity contribution in [2.45, 2.75) is 44.7 Å². The highest BCUT2D eigenvalue weighted by molar-refractivity contribution is 7.99. The van der Waals surface area contributed by atoms with E-state index >= 15 is 0 Å².